The van der Waals surface area contributed by atoms with Crippen LogP contribution in [0.1, 0.15) is 47.5 Å². The van der Waals surface area contributed by atoms with Crippen LogP contribution in [0.2, 0.25) is 0 Å². The van der Waals surface area contributed by atoms with Crippen LogP contribution in [0.4, 0.5) is 4.39 Å². The summed E-state index contributed by atoms with van der Waals surface area (Å²) in [5.74, 6) is -1.27. The maximum absolute atomic E-state index is 14.9. The predicted molar refractivity (Wildman–Crippen MR) is 83.2 cm³/mol. The van der Waals surface area contributed by atoms with Crippen molar-refractivity contribution in [1.82, 2.24) is 10.2 Å². The molecule has 6 heteroatoms. The summed E-state index contributed by atoms with van der Waals surface area (Å²) < 4.78 is 20.2. The van der Waals surface area contributed by atoms with E-state index in [1.807, 2.05) is 13.8 Å². The van der Waals surface area contributed by atoms with Gasteiger partial charge in [-0.3, -0.25) is 4.79 Å². The number of rotatable bonds is 4. The summed E-state index contributed by atoms with van der Waals surface area (Å²) in [6, 6.07) is -0.783. The third-order valence-electron chi connectivity index (χ3n) is 3.80. The van der Waals surface area contributed by atoms with Crippen molar-refractivity contribution in [2.24, 2.45) is 5.92 Å². The third kappa shape index (κ3) is 4.66. The number of nitrogens with zero attached hydrogens (tertiary/aromatic N) is 1. The van der Waals surface area contributed by atoms with E-state index in [2.05, 4.69) is 5.32 Å². The minimum Gasteiger partial charge on any atom is -0.458 e. The van der Waals surface area contributed by atoms with E-state index in [1.165, 1.54) is 11.9 Å². The molecule has 0 aromatic rings. The number of nitrogens with one attached hydrogen (secondary N) is 1. The highest BCUT2D eigenvalue weighted by molar-refractivity contribution is 5.90. The highest BCUT2D eigenvalue weighted by Gasteiger charge is 2.45. The Labute approximate surface area is 132 Å². The van der Waals surface area contributed by atoms with Gasteiger partial charge in [-0.15, -0.1) is 0 Å². The molecule has 1 heterocycles. The fourth-order valence-electron chi connectivity index (χ4n) is 2.72. The fourth-order valence-corrected chi connectivity index (χ4v) is 2.72. The second kappa shape index (κ2) is 6.94. The van der Waals surface area contributed by atoms with Gasteiger partial charge in [-0.25, -0.2) is 9.18 Å². The highest BCUT2D eigenvalue weighted by Crippen LogP contribution is 2.28. The first-order chi connectivity index (χ1) is 9.98. The van der Waals surface area contributed by atoms with Crippen molar-refractivity contribution in [1.29, 1.82) is 0 Å². The van der Waals surface area contributed by atoms with Crippen molar-refractivity contribution in [2.75, 3.05) is 20.1 Å². The number of esters is 1. The Morgan fingerprint density at radius 2 is 1.73 bits per heavy atom. The Morgan fingerprint density at radius 1 is 1.23 bits per heavy atom. The van der Waals surface area contributed by atoms with Crippen LogP contribution >= 0.6 is 0 Å². The van der Waals surface area contributed by atoms with Gasteiger partial charge in [0.05, 0.1) is 0 Å². The molecule has 0 saturated carbocycles. The van der Waals surface area contributed by atoms with Crippen LogP contribution in [-0.2, 0) is 14.3 Å². The number of halogens is 1. The second-order valence-corrected chi connectivity index (χ2v) is 7.35. The number of hydrogen-bond acceptors (Lipinski definition) is 4. The molecule has 0 aromatic carbocycles. The zero-order chi connectivity index (χ0) is 17.1. The summed E-state index contributed by atoms with van der Waals surface area (Å²) in [7, 11) is 1.49. The Balaban J connectivity index is 2.91. The molecule has 1 unspecified atom stereocenters. The quantitative estimate of drug-likeness (QED) is 0.805. The Bertz CT molecular complexity index is 412. The number of amides is 1. The maximum Gasteiger partial charge on any atom is 0.329 e. The van der Waals surface area contributed by atoms with Crippen molar-refractivity contribution in [3.05, 3.63) is 0 Å². The fraction of sp³-hybridized carbons (Fsp3) is 0.875. The minimum absolute atomic E-state index is 0.134. The first kappa shape index (κ1) is 18.9. The SMILES string of the molecule is CC(C)C(C(=O)OC(C)(C)C)N(C)C(=O)C1(F)CCNCC1. The standard InChI is InChI=1S/C16H29FN2O3/c1-11(2)12(13(20)22-15(3,4)5)19(6)14(21)16(17)7-9-18-10-8-16/h11-12,18H,7-10H2,1-6H3. The average Bonchev–Trinajstić information content (AvgIpc) is 2.36. The summed E-state index contributed by atoms with van der Waals surface area (Å²) in [4.78, 5) is 26.2. The van der Waals surface area contributed by atoms with Crippen LogP contribution in [0.5, 0.6) is 0 Å². The van der Waals surface area contributed by atoms with Crippen LogP contribution in [0, 0.1) is 5.92 Å². The zero-order valence-corrected chi connectivity index (χ0v) is 14.5. The molecule has 5 nitrogen and oxygen atoms in total. The summed E-state index contributed by atoms with van der Waals surface area (Å²) in [5.41, 5.74) is -2.54. The lowest BCUT2D eigenvalue weighted by atomic mass is 9.91. The number of carbonyl (C=O) groups excluding carboxylic acids is 2. The lowest BCUT2D eigenvalue weighted by molar-refractivity contribution is -0.169. The maximum atomic E-state index is 14.9. The molecule has 1 amide bonds. The van der Waals surface area contributed by atoms with Crippen molar-refractivity contribution in [3.63, 3.8) is 0 Å². The summed E-state index contributed by atoms with van der Waals surface area (Å²) in [6.45, 7) is 9.90. The molecule has 1 aliphatic rings. The Kier molecular flexibility index (Phi) is 5.96. The van der Waals surface area contributed by atoms with Crippen molar-refractivity contribution in [3.8, 4) is 0 Å². The van der Waals surface area contributed by atoms with Gasteiger partial charge in [0, 0.05) is 19.9 Å². The van der Waals surface area contributed by atoms with E-state index in [4.69, 9.17) is 4.74 Å². The number of carbonyl (C=O) groups is 2. The number of likely N-dealkylation sites (N-methyl/N-ethyl adjacent to an activating group) is 1. The van der Waals surface area contributed by atoms with E-state index in [-0.39, 0.29) is 18.8 Å². The topological polar surface area (TPSA) is 58.6 Å². The molecule has 0 spiro atoms. The van der Waals surface area contributed by atoms with Gasteiger partial charge < -0.3 is 15.0 Å². The normalized spacial score (nSPS) is 19.6. The van der Waals surface area contributed by atoms with Crippen LogP contribution in [0.15, 0.2) is 0 Å². The van der Waals surface area contributed by atoms with E-state index in [1.54, 1.807) is 20.8 Å². The molecule has 0 bridgehead atoms. The summed E-state index contributed by atoms with van der Waals surface area (Å²) in [5, 5.41) is 3.04. The van der Waals surface area contributed by atoms with E-state index >= 15 is 0 Å². The van der Waals surface area contributed by atoms with Crippen LogP contribution < -0.4 is 5.32 Å². The average molecular weight is 316 g/mol. The minimum atomic E-state index is -1.89. The lowest BCUT2D eigenvalue weighted by Crippen LogP contribution is -2.56. The molecule has 1 fully saturated rings. The van der Waals surface area contributed by atoms with Crippen LogP contribution in [0.25, 0.3) is 0 Å². The Morgan fingerprint density at radius 3 is 2.14 bits per heavy atom. The molecule has 1 N–H and O–H groups in total. The molecule has 1 atom stereocenters. The van der Waals surface area contributed by atoms with Crippen LogP contribution in [0.3, 0.4) is 0 Å². The van der Waals surface area contributed by atoms with Gasteiger partial charge >= 0.3 is 5.97 Å². The van der Waals surface area contributed by atoms with Gasteiger partial charge in [0.2, 0.25) is 0 Å². The van der Waals surface area contributed by atoms with E-state index in [0.717, 1.165) is 0 Å². The molecule has 1 aliphatic heterocycles. The van der Waals surface area contributed by atoms with Gasteiger partial charge in [0.1, 0.15) is 11.6 Å². The molecule has 128 valence electrons. The first-order valence-corrected chi connectivity index (χ1v) is 7.88. The van der Waals surface area contributed by atoms with Gasteiger partial charge in [-0.1, -0.05) is 13.8 Å². The number of ether oxygens (including phenoxy) is 1. The van der Waals surface area contributed by atoms with Crippen molar-refractivity contribution >= 4 is 11.9 Å². The van der Waals surface area contributed by atoms with Gasteiger partial charge in [-0.05, 0) is 39.8 Å². The monoisotopic (exact) mass is 316 g/mol. The van der Waals surface area contributed by atoms with Crippen LogP contribution in [-0.4, -0.2) is 54.2 Å². The molecule has 0 aromatic heterocycles. The zero-order valence-electron chi connectivity index (χ0n) is 14.5. The third-order valence-corrected chi connectivity index (χ3v) is 3.80. The molecule has 22 heavy (non-hydrogen) atoms. The molecule has 0 aliphatic carbocycles. The largest absolute Gasteiger partial charge is 0.458 e. The molecule has 1 rings (SSSR count). The number of alkyl halides is 1. The van der Waals surface area contributed by atoms with E-state index < -0.39 is 29.2 Å². The number of hydrogen-bond donors (Lipinski definition) is 1. The van der Waals surface area contributed by atoms with Crippen molar-refractivity contribution < 1.29 is 18.7 Å². The number of piperidine rings is 1. The van der Waals surface area contributed by atoms with Gasteiger partial charge in [-0.2, -0.15) is 0 Å². The first-order valence-electron chi connectivity index (χ1n) is 7.88. The summed E-state index contributed by atoms with van der Waals surface area (Å²) >= 11 is 0. The second-order valence-electron chi connectivity index (χ2n) is 7.35. The van der Waals surface area contributed by atoms with Gasteiger partial charge in [0.25, 0.3) is 5.91 Å². The predicted octanol–water partition coefficient (Wildman–Crippen LogP) is 1.90. The molecular weight excluding hydrogens is 287 g/mol. The van der Waals surface area contributed by atoms with E-state index in [0.29, 0.717) is 13.1 Å². The van der Waals surface area contributed by atoms with Gasteiger partial charge in [0.15, 0.2) is 5.67 Å². The lowest BCUT2D eigenvalue weighted by Gasteiger charge is -2.37. The highest BCUT2D eigenvalue weighted by atomic mass is 19.1. The van der Waals surface area contributed by atoms with Crippen molar-refractivity contribution in [2.45, 2.75) is 64.8 Å². The van der Waals surface area contributed by atoms with E-state index in [9.17, 15) is 14.0 Å². The molecule has 1 saturated heterocycles. The summed E-state index contributed by atoms with van der Waals surface area (Å²) in [6.07, 6.45) is 0.268. The molecule has 0 radical (unpaired) electrons. The Hall–Kier alpha value is -1.17. The molecular formula is C16H29FN2O3. The smallest absolute Gasteiger partial charge is 0.329 e.